The van der Waals surface area contributed by atoms with Gasteiger partial charge in [-0.3, -0.25) is 0 Å². The lowest BCUT2D eigenvalue weighted by atomic mass is 10.0. The van der Waals surface area contributed by atoms with Crippen LogP contribution in [0.3, 0.4) is 0 Å². The predicted molar refractivity (Wildman–Crippen MR) is 143 cm³/mol. The molecule has 5 rings (SSSR count). The van der Waals surface area contributed by atoms with E-state index in [1.54, 1.807) is 48.7 Å². The number of nitrogens with one attached hydrogen (secondary N) is 3. The Labute approximate surface area is 209 Å². The van der Waals surface area contributed by atoms with Crippen LogP contribution in [0.2, 0.25) is 0 Å². The number of benzene rings is 3. The number of halogens is 2. The van der Waals surface area contributed by atoms with Gasteiger partial charge in [0.25, 0.3) is 0 Å². The fourth-order valence-electron chi connectivity index (χ4n) is 4.34. The lowest BCUT2D eigenvalue weighted by molar-refractivity contribution is 0.478. The Morgan fingerprint density at radius 1 is 1.06 bits per heavy atom. The Bertz CT molecular complexity index is 1470. The van der Waals surface area contributed by atoms with Crippen molar-refractivity contribution in [2.75, 3.05) is 23.1 Å². The zero-order valence-electron chi connectivity index (χ0n) is 19.6. The van der Waals surface area contributed by atoms with Crippen LogP contribution in [0.5, 0.6) is 0 Å². The van der Waals surface area contributed by atoms with Gasteiger partial charge in [0.1, 0.15) is 5.69 Å². The highest BCUT2D eigenvalue weighted by molar-refractivity contribution is 8.00. The van der Waals surface area contributed by atoms with Gasteiger partial charge >= 0.3 is 0 Å². The highest BCUT2D eigenvalue weighted by Crippen LogP contribution is 2.30. The second-order valence-electron chi connectivity index (χ2n) is 9.01. The minimum absolute atomic E-state index is 0.0489. The molecule has 0 spiro atoms. The molecule has 1 aliphatic rings. The molecule has 1 fully saturated rings. The molecule has 0 aliphatic carbocycles. The summed E-state index contributed by atoms with van der Waals surface area (Å²) >= 11 is 0. The first-order valence-electron chi connectivity index (χ1n) is 11.8. The van der Waals surface area contributed by atoms with Crippen molar-refractivity contribution in [2.24, 2.45) is 0 Å². The van der Waals surface area contributed by atoms with Crippen LogP contribution in [0.1, 0.15) is 18.4 Å². The quantitative estimate of drug-likeness (QED) is 0.308. The van der Waals surface area contributed by atoms with E-state index in [1.165, 1.54) is 12.1 Å². The van der Waals surface area contributed by atoms with Crippen molar-refractivity contribution < 1.29 is 13.0 Å². The van der Waals surface area contributed by atoms with Gasteiger partial charge in [0, 0.05) is 33.9 Å². The molecule has 0 amide bonds. The van der Waals surface area contributed by atoms with Crippen LogP contribution in [0.25, 0.3) is 22.0 Å². The minimum Gasteiger partial charge on any atom is -0.350 e. The third-order valence-corrected chi connectivity index (χ3v) is 7.49. The van der Waals surface area contributed by atoms with Crippen LogP contribution in [0, 0.1) is 11.6 Å². The van der Waals surface area contributed by atoms with Crippen molar-refractivity contribution in [1.29, 1.82) is 0 Å². The summed E-state index contributed by atoms with van der Waals surface area (Å²) in [4.78, 5) is 8.99. The molecule has 36 heavy (non-hydrogen) atoms. The average Bonchev–Trinajstić information content (AvgIpc) is 2.87. The van der Waals surface area contributed by atoms with Gasteiger partial charge in [-0.2, -0.15) is 0 Å². The molecular formula is C27H27F2N5OS. The molecule has 1 aromatic heterocycles. The van der Waals surface area contributed by atoms with Gasteiger partial charge in [-0.1, -0.05) is 36.4 Å². The van der Waals surface area contributed by atoms with E-state index in [0.29, 0.717) is 17.1 Å². The summed E-state index contributed by atoms with van der Waals surface area (Å²) in [5.41, 5.74) is 2.01. The summed E-state index contributed by atoms with van der Waals surface area (Å²) in [5, 5.41) is 7.46. The minimum atomic E-state index is -3.01. The van der Waals surface area contributed by atoms with Crippen molar-refractivity contribution in [3.05, 3.63) is 84.1 Å². The topological polar surface area (TPSA) is 78.9 Å². The van der Waals surface area contributed by atoms with Crippen molar-refractivity contribution in [1.82, 2.24) is 15.3 Å². The third kappa shape index (κ3) is 5.63. The largest absolute Gasteiger partial charge is 0.350 e. The fourth-order valence-corrected chi connectivity index (χ4v) is 5.71. The van der Waals surface area contributed by atoms with Crippen molar-refractivity contribution in [3.63, 3.8) is 0 Å². The second-order valence-corrected chi connectivity index (χ2v) is 11.1. The molecule has 186 valence electrons. The second kappa shape index (κ2) is 10.2. The standard InChI is InChI=1S/C27H27F2N5OS/c1-36(35,17-18-6-3-2-4-7-18)34-26-23(28)13-20(14-24(26)29)19-9-10-25-21(12-19)15-31-27(33-25)32-22-8-5-11-30-16-22/h2-4,6-7,9-10,12-15,22,30H,1,5,8,11,16-17H2,(H,34,35)(H,31,32,33)/t22-,36?/m0/s1. The van der Waals surface area contributed by atoms with Gasteiger partial charge < -0.3 is 15.4 Å². The van der Waals surface area contributed by atoms with Gasteiger partial charge in [0.05, 0.1) is 11.3 Å². The Balaban J connectivity index is 1.36. The van der Waals surface area contributed by atoms with Crippen LogP contribution in [0.15, 0.2) is 66.9 Å². The fraction of sp³-hybridized carbons (Fsp3) is 0.222. The van der Waals surface area contributed by atoms with Crippen LogP contribution in [0.4, 0.5) is 20.4 Å². The maximum absolute atomic E-state index is 15.0. The monoisotopic (exact) mass is 507 g/mol. The predicted octanol–water partition coefficient (Wildman–Crippen LogP) is 4.98. The van der Waals surface area contributed by atoms with Gasteiger partial charge in [0.2, 0.25) is 5.95 Å². The number of aromatic nitrogens is 2. The summed E-state index contributed by atoms with van der Waals surface area (Å²) in [5.74, 6) is 2.59. The van der Waals surface area contributed by atoms with E-state index in [0.717, 1.165) is 42.4 Å². The number of anilines is 2. The number of piperidine rings is 1. The van der Waals surface area contributed by atoms with Crippen molar-refractivity contribution in [2.45, 2.75) is 24.6 Å². The first kappa shape index (κ1) is 24.1. The molecule has 2 atom stereocenters. The zero-order valence-corrected chi connectivity index (χ0v) is 20.5. The van der Waals surface area contributed by atoms with Crippen molar-refractivity contribution in [3.8, 4) is 11.1 Å². The Morgan fingerprint density at radius 3 is 2.56 bits per heavy atom. The summed E-state index contributed by atoms with van der Waals surface area (Å²) in [6.45, 7) is 1.90. The first-order chi connectivity index (χ1) is 17.4. The molecular weight excluding hydrogens is 480 g/mol. The van der Waals surface area contributed by atoms with Crippen LogP contribution in [-0.4, -0.2) is 39.2 Å². The molecule has 0 bridgehead atoms. The average molecular weight is 508 g/mol. The van der Waals surface area contributed by atoms with Gasteiger partial charge in [-0.05, 0) is 66.2 Å². The molecule has 3 aromatic carbocycles. The normalized spacial score (nSPS) is 17.4. The maximum Gasteiger partial charge on any atom is 0.223 e. The van der Waals surface area contributed by atoms with Gasteiger partial charge in [0.15, 0.2) is 11.6 Å². The van der Waals surface area contributed by atoms with E-state index in [9.17, 15) is 13.0 Å². The molecule has 9 heteroatoms. The summed E-state index contributed by atoms with van der Waals surface area (Å²) in [6.07, 6.45) is 3.87. The molecule has 1 unspecified atom stereocenters. The van der Waals surface area contributed by atoms with E-state index >= 15 is 0 Å². The number of nitrogens with zero attached hydrogens (tertiary/aromatic N) is 2. The van der Waals surface area contributed by atoms with E-state index in [1.807, 2.05) is 6.07 Å². The molecule has 6 nitrogen and oxygen atoms in total. The van der Waals surface area contributed by atoms with Crippen LogP contribution in [-0.2, 0) is 15.5 Å². The Kier molecular flexibility index (Phi) is 6.84. The molecule has 0 saturated carbocycles. The molecule has 0 radical (unpaired) electrons. The molecule has 3 N–H and O–H groups in total. The number of hydrogen-bond donors (Lipinski definition) is 3. The van der Waals surface area contributed by atoms with Crippen LogP contribution < -0.4 is 15.4 Å². The summed E-state index contributed by atoms with van der Waals surface area (Å²) in [6, 6.07) is 17.1. The van der Waals surface area contributed by atoms with E-state index in [4.69, 9.17) is 0 Å². The van der Waals surface area contributed by atoms with Gasteiger partial charge in [-0.15, -0.1) is 0 Å². The lowest BCUT2D eigenvalue weighted by Gasteiger charge is -2.23. The molecule has 4 aromatic rings. The summed E-state index contributed by atoms with van der Waals surface area (Å²) < 4.78 is 45.3. The molecule has 1 saturated heterocycles. The first-order valence-corrected chi connectivity index (χ1v) is 13.7. The van der Waals surface area contributed by atoms with Crippen molar-refractivity contribution >= 4 is 38.1 Å². The Hall–Kier alpha value is -3.56. The maximum atomic E-state index is 15.0. The SMILES string of the molecule is C=S(=O)(Cc1ccccc1)Nc1c(F)cc(-c2ccc3nc(N[C@H]4CCCNC4)ncc3c2)cc1F. The smallest absolute Gasteiger partial charge is 0.223 e. The highest BCUT2D eigenvalue weighted by atomic mass is 32.2. The third-order valence-electron chi connectivity index (χ3n) is 6.12. The molecule has 2 heterocycles. The zero-order chi connectivity index (χ0) is 25.1. The van der Waals surface area contributed by atoms with E-state index in [2.05, 4.69) is 31.2 Å². The number of hydrogen-bond acceptors (Lipinski definition) is 5. The van der Waals surface area contributed by atoms with E-state index in [-0.39, 0.29) is 11.8 Å². The van der Waals surface area contributed by atoms with Crippen LogP contribution >= 0.6 is 0 Å². The Morgan fingerprint density at radius 2 is 1.83 bits per heavy atom. The van der Waals surface area contributed by atoms with E-state index < -0.39 is 27.0 Å². The number of fused-ring (bicyclic) bond motifs is 1. The van der Waals surface area contributed by atoms with Gasteiger partial charge in [-0.25, -0.2) is 23.0 Å². The highest BCUT2D eigenvalue weighted by Gasteiger charge is 2.17. The molecule has 1 aliphatic heterocycles. The summed E-state index contributed by atoms with van der Waals surface area (Å²) in [7, 11) is -3.01. The number of rotatable bonds is 7. The lowest BCUT2D eigenvalue weighted by Crippen LogP contribution is -2.38.